The smallest absolute Gasteiger partial charge is 0.117 e. The van der Waals surface area contributed by atoms with Gasteiger partial charge in [0.2, 0.25) is 0 Å². The van der Waals surface area contributed by atoms with E-state index in [2.05, 4.69) is 28.5 Å². The van der Waals surface area contributed by atoms with Gasteiger partial charge >= 0.3 is 0 Å². The van der Waals surface area contributed by atoms with Crippen LogP contribution in [0.4, 0.5) is 0 Å². The van der Waals surface area contributed by atoms with Gasteiger partial charge in [-0.3, -0.25) is 0 Å². The number of aryl methyl sites for hydroxylation is 2. The summed E-state index contributed by atoms with van der Waals surface area (Å²) in [5.74, 6) is 1.28. The van der Waals surface area contributed by atoms with Crippen molar-refractivity contribution in [3.8, 4) is 5.75 Å². The molecule has 0 aliphatic carbocycles. The molecule has 0 atom stereocenters. The first-order valence-electron chi connectivity index (χ1n) is 5.88. The predicted octanol–water partition coefficient (Wildman–Crippen LogP) is 2.00. The van der Waals surface area contributed by atoms with Gasteiger partial charge in [-0.2, -0.15) is 0 Å². The van der Waals surface area contributed by atoms with E-state index in [1.165, 1.54) is 0 Å². The number of rotatable bonds is 4. The van der Waals surface area contributed by atoms with Crippen molar-refractivity contribution in [3.63, 3.8) is 0 Å². The molecule has 0 fully saturated rings. The lowest BCUT2D eigenvalue weighted by Crippen LogP contribution is -2.15. The largest absolute Gasteiger partial charge is 0.508 e. The summed E-state index contributed by atoms with van der Waals surface area (Å²) in [7, 11) is 4.16. The van der Waals surface area contributed by atoms with Gasteiger partial charge in [0.25, 0.3) is 0 Å². The Kier molecular flexibility index (Phi) is 3.33. The lowest BCUT2D eigenvalue weighted by Gasteiger charge is -2.11. The Morgan fingerprint density at radius 2 is 2.12 bits per heavy atom. The Morgan fingerprint density at radius 3 is 2.82 bits per heavy atom. The molecule has 1 N–H and O–H groups in total. The molecular weight excluding hydrogens is 214 g/mol. The fourth-order valence-corrected chi connectivity index (χ4v) is 2.07. The van der Waals surface area contributed by atoms with Crippen LogP contribution in [-0.4, -0.2) is 40.2 Å². The second-order valence-corrected chi connectivity index (χ2v) is 4.64. The fourth-order valence-electron chi connectivity index (χ4n) is 2.07. The van der Waals surface area contributed by atoms with Crippen LogP contribution in [0.25, 0.3) is 11.0 Å². The van der Waals surface area contributed by atoms with Gasteiger partial charge in [-0.15, -0.1) is 0 Å². The highest BCUT2D eigenvalue weighted by Gasteiger charge is 2.07. The molecule has 1 aromatic heterocycles. The van der Waals surface area contributed by atoms with Crippen molar-refractivity contribution in [2.24, 2.45) is 0 Å². The van der Waals surface area contributed by atoms with Crippen LogP contribution in [0.3, 0.4) is 0 Å². The van der Waals surface area contributed by atoms with Crippen molar-refractivity contribution < 1.29 is 5.11 Å². The molecule has 0 radical (unpaired) electrons. The summed E-state index contributed by atoms with van der Waals surface area (Å²) < 4.78 is 2.21. The summed E-state index contributed by atoms with van der Waals surface area (Å²) in [5, 5.41) is 9.42. The maximum Gasteiger partial charge on any atom is 0.117 e. The van der Waals surface area contributed by atoms with E-state index >= 15 is 0 Å². The Labute approximate surface area is 101 Å². The number of fused-ring (bicyclic) bond motifs is 1. The van der Waals surface area contributed by atoms with Gasteiger partial charge in [0.05, 0.1) is 11.0 Å². The minimum atomic E-state index is 0.274. The predicted molar refractivity (Wildman–Crippen MR) is 69.3 cm³/mol. The number of phenols is 1. The minimum absolute atomic E-state index is 0.274. The summed E-state index contributed by atoms with van der Waals surface area (Å²) in [6.45, 7) is 4.04. The van der Waals surface area contributed by atoms with E-state index in [4.69, 9.17) is 0 Å². The summed E-state index contributed by atoms with van der Waals surface area (Å²) in [6, 6.07) is 5.36. The standard InChI is InChI=1S/C13H19N3O/c1-10-14-12-9-11(17)5-6-13(12)16(10)8-4-7-15(2)3/h5-6,9,17H,4,7-8H2,1-3H3. The van der Waals surface area contributed by atoms with Crippen molar-refractivity contribution in [1.29, 1.82) is 0 Å². The molecule has 92 valence electrons. The third-order valence-corrected chi connectivity index (χ3v) is 2.91. The quantitative estimate of drug-likeness (QED) is 0.878. The van der Waals surface area contributed by atoms with Crippen LogP contribution in [0.5, 0.6) is 5.75 Å². The Hall–Kier alpha value is -1.55. The number of phenolic OH excluding ortho intramolecular Hbond substituents is 1. The summed E-state index contributed by atoms with van der Waals surface area (Å²) in [5.41, 5.74) is 1.96. The van der Waals surface area contributed by atoms with Crippen molar-refractivity contribution in [2.75, 3.05) is 20.6 Å². The minimum Gasteiger partial charge on any atom is -0.508 e. The molecule has 0 unspecified atom stereocenters. The highest BCUT2D eigenvalue weighted by atomic mass is 16.3. The summed E-state index contributed by atoms with van der Waals surface area (Å²) in [6.07, 6.45) is 1.10. The molecule has 1 aromatic carbocycles. The molecule has 0 amide bonds. The molecule has 0 saturated carbocycles. The third kappa shape index (κ3) is 2.58. The van der Waals surface area contributed by atoms with E-state index in [9.17, 15) is 5.11 Å². The van der Waals surface area contributed by atoms with Gasteiger partial charge < -0.3 is 14.6 Å². The van der Waals surface area contributed by atoms with Crippen LogP contribution >= 0.6 is 0 Å². The molecule has 0 saturated heterocycles. The number of imidazole rings is 1. The monoisotopic (exact) mass is 233 g/mol. The van der Waals surface area contributed by atoms with E-state index < -0.39 is 0 Å². The zero-order valence-corrected chi connectivity index (χ0v) is 10.6. The molecule has 2 aromatic rings. The second kappa shape index (κ2) is 4.75. The van der Waals surface area contributed by atoms with E-state index in [0.29, 0.717) is 0 Å². The van der Waals surface area contributed by atoms with Crippen LogP contribution in [-0.2, 0) is 6.54 Å². The molecule has 4 heteroatoms. The van der Waals surface area contributed by atoms with E-state index in [1.54, 1.807) is 12.1 Å². The number of hydrogen-bond donors (Lipinski definition) is 1. The Balaban J connectivity index is 2.24. The molecule has 0 bridgehead atoms. The van der Waals surface area contributed by atoms with Gasteiger partial charge in [-0.05, 0) is 46.1 Å². The van der Waals surface area contributed by atoms with E-state index in [-0.39, 0.29) is 5.75 Å². The molecule has 0 aliphatic heterocycles. The molecule has 0 aliphatic rings. The third-order valence-electron chi connectivity index (χ3n) is 2.91. The van der Waals surface area contributed by atoms with Crippen LogP contribution in [0.1, 0.15) is 12.2 Å². The topological polar surface area (TPSA) is 41.3 Å². The average molecular weight is 233 g/mol. The first kappa shape index (κ1) is 11.9. The first-order chi connectivity index (χ1) is 8.08. The van der Waals surface area contributed by atoms with Crippen LogP contribution < -0.4 is 0 Å². The summed E-state index contributed by atoms with van der Waals surface area (Å²) >= 11 is 0. The molecule has 1 heterocycles. The molecular formula is C13H19N3O. The first-order valence-corrected chi connectivity index (χ1v) is 5.88. The fraction of sp³-hybridized carbons (Fsp3) is 0.462. The molecule has 4 nitrogen and oxygen atoms in total. The maximum absolute atomic E-state index is 9.42. The van der Waals surface area contributed by atoms with Crippen molar-refractivity contribution in [2.45, 2.75) is 19.9 Å². The maximum atomic E-state index is 9.42. The molecule has 0 spiro atoms. The Bertz CT molecular complexity index is 517. The number of nitrogens with zero attached hydrogens (tertiary/aromatic N) is 3. The second-order valence-electron chi connectivity index (χ2n) is 4.64. The van der Waals surface area contributed by atoms with Gasteiger partial charge in [0, 0.05) is 12.6 Å². The number of aromatic nitrogens is 2. The number of benzene rings is 1. The van der Waals surface area contributed by atoms with Gasteiger partial charge in [0.15, 0.2) is 0 Å². The van der Waals surface area contributed by atoms with E-state index in [0.717, 1.165) is 36.4 Å². The number of hydrogen-bond acceptors (Lipinski definition) is 3. The molecule has 2 rings (SSSR count). The molecule has 17 heavy (non-hydrogen) atoms. The van der Waals surface area contributed by atoms with Crippen molar-refractivity contribution in [1.82, 2.24) is 14.5 Å². The highest BCUT2D eigenvalue weighted by Crippen LogP contribution is 2.21. The average Bonchev–Trinajstić information content (AvgIpc) is 2.54. The van der Waals surface area contributed by atoms with Crippen molar-refractivity contribution >= 4 is 11.0 Å². The lowest BCUT2D eigenvalue weighted by molar-refractivity contribution is 0.387. The zero-order chi connectivity index (χ0) is 12.4. The van der Waals surface area contributed by atoms with E-state index in [1.807, 2.05) is 13.0 Å². The zero-order valence-electron chi connectivity index (χ0n) is 10.6. The SMILES string of the molecule is Cc1nc2cc(O)ccc2n1CCCN(C)C. The normalized spacial score (nSPS) is 11.5. The van der Waals surface area contributed by atoms with Crippen LogP contribution in [0.15, 0.2) is 18.2 Å². The van der Waals surface area contributed by atoms with Gasteiger partial charge in [0.1, 0.15) is 11.6 Å². The van der Waals surface area contributed by atoms with Gasteiger partial charge in [-0.1, -0.05) is 0 Å². The van der Waals surface area contributed by atoms with Crippen LogP contribution in [0.2, 0.25) is 0 Å². The highest BCUT2D eigenvalue weighted by molar-refractivity contribution is 5.77. The van der Waals surface area contributed by atoms with Gasteiger partial charge in [-0.25, -0.2) is 4.98 Å². The Morgan fingerprint density at radius 1 is 1.35 bits per heavy atom. The number of aromatic hydroxyl groups is 1. The van der Waals surface area contributed by atoms with Crippen molar-refractivity contribution in [3.05, 3.63) is 24.0 Å². The summed E-state index contributed by atoms with van der Waals surface area (Å²) in [4.78, 5) is 6.64. The van der Waals surface area contributed by atoms with Crippen LogP contribution in [0, 0.1) is 6.92 Å². The lowest BCUT2D eigenvalue weighted by atomic mass is 10.3.